The number of likely N-dealkylation sites (N-methyl/N-ethyl adjacent to an activating group) is 1. The van der Waals surface area contributed by atoms with E-state index in [-0.39, 0.29) is 0 Å². The van der Waals surface area contributed by atoms with E-state index in [0.29, 0.717) is 12.1 Å². The largest absolute Gasteiger partial charge is 0.374 e. The standard InChI is InChI=1S/C13H27N3O/c1-11-4-3-5-16(13(11)8-14)10-12-9-15(2)6-7-17-12/h11-13H,3-10,14H2,1-2H3. The summed E-state index contributed by atoms with van der Waals surface area (Å²) in [7, 11) is 2.18. The van der Waals surface area contributed by atoms with E-state index in [2.05, 4.69) is 23.8 Å². The van der Waals surface area contributed by atoms with Gasteiger partial charge in [0.25, 0.3) is 0 Å². The molecule has 2 N–H and O–H groups in total. The average Bonchev–Trinajstić information content (AvgIpc) is 2.29. The van der Waals surface area contributed by atoms with E-state index in [1.54, 1.807) is 0 Å². The zero-order valence-corrected chi connectivity index (χ0v) is 11.3. The van der Waals surface area contributed by atoms with Gasteiger partial charge in [-0.2, -0.15) is 0 Å². The van der Waals surface area contributed by atoms with Crippen molar-refractivity contribution < 1.29 is 4.74 Å². The van der Waals surface area contributed by atoms with Crippen LogP contribution in [-0.2, 0) is 4.74 Å². The van der Waals surface area contributed by atoms with Crippen LogP contribution in [0.5, 0.6) is 0 Å². The first-order valence-electron chi connectivity index (χ1n) is 6.95. The SMILES string of the molecule is CC1CCCN(CC2CN(C)CCO2)C1CN. The molecule has 3 atom stereocenters. The molecule has 0 saturated carbocycles. The zero-order chi connectivity index (χ0) is 12.3. The van der Waals surface area contributed by atoms with Gasteiger partial charge in [0, 0.05) is 32.2 Å². The molecule has 0 radical (unpaired) electrons. The fourth-order valence-corrected chi connectivity index (χ4v) is 3.18. The van der Waals surface area contributed by atoms with Crippen molar-refractivity contribution in [2.45, 2.75) is 31.9 Å². The van der Waals surface area contributed by atoms with E-state index in [1.165, 1.54) is 19.4 Å². The summed E-state index contributed by atoms with van der Waals surface area (Å²) >= 11 is 0. The van der Waals surface area contributed by atoms with Crippen molar-refractivity contribution in [3.63, 3.8) is 0 Å². The van der Waals surface area contributed by atoms with Gasteiger partial charge < -0.3 is 15.4 Å². The van der Waals surface area contributed by atoms with E-state index < -0.39 is 0 Å². The summed E-state index contributed by atoms with van der Waals surface area (Å²) in [5.74, 6) is 0.732. The molecule has 0 aliphatic carbocycles. The minimum atomic E-state index is 0.369. The Bertz CT molecular complexity index is 237. The lowest BCUT2D eigenvalue weighted by molar-refractivity contribution is -0.0491. The lowest BCUT2D eigenvalue weighted by atomic mass is 9.90. The summed E-state index contributed by atoms with van der Waals surface area (Å²) in [4.78, 5) is 4.91. The van der Waals surface area contributed by atoms with Crippen LogP contribution in [0, 0.1) is 5.92 Å². The minimum absolute atomic E-state index is 0.369. The summed E-state index contributed by atoms with van der Waals surface area (Å²) in [6.45, 7) is 8.35. The Morgan fingerprint density at radius 3 is 2.88 bits per heavy atom. The van der Waals surface area contributed by atoms with Crippen LogP contribution >= 0.6 is 0 Å². The third kappa shape index (κ3) is 3.41. The van der Waals surface area contributed by atoms with E-state index in [4.69, 9.17) is 10.5 Å². The molecule has 0 aromatic rings. The van der Waals surface area contributed by atoms with Crippen molar-refractivity contribution in [3.8, 4) is 0 Å². The second-order valence-corrected chi connectivity index (χ2v) is 5.67. The molecule has 2 aliphatic rings. The topological polar surface area (TPSA) is 41.7 Å². The highest BCUT2D eigenvalue weighted by atomic mass is 16.5. The Labute approximate surface area is 105 Å². The summed E-state index contributed by atoms with van der Waals surface area (Å²) in [5.41, 5.74) is 5.92. The van der Waals surface area contributed by atoms with Gasteiger partial charge in [-0.1, -0.05) is 6.92 Å². The first-order chi connectivity index (χ1) is 8.20. The quantitative estimate of drug-likeness (QED) is 0.775. The maximum atomic E-state index is 5.92. The molecule has 0 aromatic heterocycles. The number of nitrogens with zero attached hydrogens (tertiary/aromatic N) is 2. The normalized spacial score (nSPS) is 37.2. The molecule has 0 aromatic carbocycles. The molecule has 3 unspecified atom stereocenters. The lowest BCUT2D eigenvalue weighted by Gasteiger charge is -2.42. The fourth-order valence-electron chi connectivity index (χ4n) is 3.18. The lowest BCUT2D eigenvalue weighted by Crippen LogP contribution is -2.54. The first kappa shape index (κ1) is 13.3. The molecular weight excluding hydrogens is 214 g/mol. The predicted molar refractivity (Wildman–Crippen MR) is 70.1 cm³/mol. The molecule has 0 spiro atoms. The summed E-state index contributed by atoms with van der Waals surface area (Å²) in [6, 6.07) is 0.555. The number of rotatable bonds is 3. The summed E-state index contributed by atoms with van der Waals surface area (Å²) in [5, 5.41) is 0. The second kappa shape index (κ2) is 6.14. The monoisotopic (exact) mass is 241 g/mol. The van der Waals surface area contributed by atoms with Gasteiger partial charge in [-0.3, -0.25) is 4.90 Å². The van der Waals surface area contributed by atoms with Gasteiger partial charge in [-0.05, 0) is 32.4 Å². The van der Waals surface area contributed by atoms with Gasteiger partial charge in [0.15, 0.2) is 0 Å². The Balaban J connectivity index is 1.87. The summed E-state index contributed by atoms with van der Waals surface area (Å²) < 4.78 is 5.86. The van der Waals surface area contributed by atoms with Crippen molar-refractivity contribution in [3.05, 3.63) is 0 Å². The van der Waals surface area contributed by atoms with Gasteiger partial charge in [0.05, 0.1) is 12.7 Å². The van der Waals surface area contributed by atoms with Gasteiger partial charge >= 0.3 is 0 Å². The molecular formula is C13H27N3O. The Kier molecular flexibility index (Phi) is 4.79. The van der Waals surface area contributed by atoms with E-state index in [0.717, 1.165) is 38.7 Å². The van der Waals surface area contributed by atoms with Crippen LogP contribution in [-0.4, -0.2) is 68.3 Å². The van der Waals surface area contributed by atoms with Crippen molar-refractivity contribution in [2.24, 2.45) is 11.7 Å². The van der Waals surface area contributed by atoms with Crippen LogP contribution < -0.4 is 5.73 Å². The smallest absolute Gasteiger partial charge is 0.0829 e. The van der Waals surface area contributed by atoms with Gasteiger partial charge in [0.2, 0.25) is 0 Å². The molecule has 2 rings (SSSR count). The second-order valence-electron chi connectivity index (χ2n) is 5.67. The van der Waals surface area contributed by atoms with Crippen LogP contribution in [0.4, 0.5) is 0 Å². The molecule has 4 nitrogen and oxygen atoms in total. The molecule has 2 fully saturated rings. The molecule has 17 heavy (non-hydrogen) atoms. The molecule has 2 heterocycles. The number of likely N-dealkylation sites (tertiary alicyclic amines) is 1. The fraction of sp³-hybridized carbons (Fsp3) is 1.00. The molecule has 0 amide bonds. The van der Waals surface area contributed by atoms with Crippen LogP contribution in [0.15, 0.2) is 0 Å². The maximum Gasteiger partial charge on any atom is 0.0829 e. The molecule has 2 aliphatic heterocycles. The van der Waals surface area contributed by atoms with E-state index >= 15 is 0 Å². The van der Waals surface area contributed by atoms with Crippen LogP contribution in [0.1, 0.15) is 19.8 Å². The van der Waals surface area contributed by atoms with Crippen molar-refractivity contribution in [1.29, 1.82) is 0 Å². The molecule has 2 saturated heterocycles. The molecule has 4 heteroatoms. The zero-order valence-electron chi connectivity index (χ0n) is 11.3. The number of morpholine rings is 1. The van der Waals surface area contributed by atoms with Gasteiger partial charge in [-0.15, -0.1) is 0 Å². The van der Waals surface area contributed by atoms with Crippen LogP contribution in [0.2, 0.25) is 0 Å². The van der Waals surface area contributed by atoms with Crippen molar-refractivity contribution in [1.82, 2.24) is 9.80 Å². The number of hydrogen-bond acceptors (Lipinski definition) is 4. The van der Waals surface area contributed by atoms with E-state index in [1.807, 2.05) is 0 Å². The highest BCUT2D eigenvalue weighted by Gasteiger charge is 2.30. The molecule has 0 bridgehead atoms. The third-order valence-electron chi connectivity index (χ3n) is 4.25. The minimum Gasteiger partial charge on any atom is -0.374 e. The number of ether oxygens (including phenoxy) is 1. The van der Waals surface area contributed by atoms with Crippen molar-refractivity contribution in [2.75, 3.05) is 46.4 Å². The number of hydrogen-bond donors (Lipinski definition) is 1. The predicted octanol–water partition coefficient (Wildman–Crippen LogP) is 0.376. The highest BCUT2D eigenvalue weighted by Crippen LogP contribution is 2.23. The summed E-state index contributed by atoms with van der Waals surface area (Å²) in [6.07, 6.45) is 3.00. The Morgan fingerprint density at radius 1 is 1.35 bits per heavy atom. The third-order valence-corrected chi connectivity index (χ3v) is 4.25. The van der Waals surface area contributed by atoms with Gasteiger partial charge in [0.1, 0.15) is 0 Å². The Morgan fingerprint density at radius 2 is 2.18 bits per heavy atom. The van der Waals surface area contributed by atoms with Crippen LogP contribution in [0.25, 0.3) is 0 Å². The van der Waals surface area contributed by atoms with Crippen molar-refractivity contribution >= 4 is 0 Å². The first-order valence-corrected chi connectivity index (χ1v) is 6.95. The van der Waals surface area contributed by atoms with E-state index in [9.17, 15) is 0 Å². The number of piperidine rings is 1. The Hall–Kier alpha value is -0.160. The number of nitrogens with two attached hydrogens (primary N) is 1. The average molecular weight is 241 g/mol. The maximum absolute atomic E-state index is 5.92. The van der Waals surface area contributed by atoms with Crippen LogP contribution in [0.3, 0.4) is 0 Å². The van der Waals surface area contributed by atoms with Gasteiger partial charge in [-0.25, -0.2) is 0 Å². The highest BCUT2D eigenvalue weighted by molar-refractivity contribution is 4.85. The molecule has 100 valence electrons.